The number of piperidine rings is 1. The lowest BCUT2D eigenvalue weighted by Gasteiger charge is -2.43. The minimum absolute atomic E-state index is 0.229. The fraction of sp³-hybridized carbons (Fsp3) is 0.471. The van der Waals surface area contributed by atoms with Crippen LogP contribution in [0.15, 0.2) is 48.7 Å². The van der Waals surface area contributed by atoms with Gasteiger partial charge in [-0.1, -0.05) is 40.0 Å². The summed E-state index contributed by atoms with van der Waals surface area (Å²) in [7, 11) is 3.73. The van der Waals surface area contributed by atoms with Crippen molar-refractivity contribution in [3.05, 3.63) is 54.2 Å². The van der Waals surface area contributed by atoms with Crippen LogP contribution in [-0.4, -0.2) is 96.5 Å². The fourth-order valence-electron chi connectivity index (χ4n) is 6.70. The van der Waals surface area contributed by atoms with E-state index < -0.39 is 0 Å². The molecule has 2 fully saturated rings. The molecule has 0 radical (unpaired) electrons. The number of aromatic nitrogens is 3. The summed E-state index contributed by atoms with van der Waals surface area (Å²) in [5.41, 5.74) is 5.22. The molecule has 2 aliphatic rings. The second kappa shape index (κ2) is 13.7. The first-order chi connectivity index (χ1) is 21.5. The number of benzene rings is 2. The van der Waals surface area contributed by atoms with Crippen LogP contribution in [-0.2, 0) is 0 Å². The fourth-order valence-corrected chi connectivity index (χ4v) is 8.60. The van der Waals surface area contributed by atoms with Crippen molar-refractivity contribution >= 4 is 53.1 Å². The highest BCUT2D eigenvalue weighted by molar-refractivity contribution is 7.65. The Kier molecular flexibility index (Phi) is 9.55. The van der Waals surface area contributed by atoms with Gasteiger partial charge in [-0.2, -0.15) is 9.97 Å². The van der Waals surface area contributed by atoms with E-state index in [1.54, 1.807) is 7.11 Å². The Labute approximate surface area is 263 Å². The van der Waals surface area contributed by atoms with E-state index in [9.17, 15) is 0 Å². The number of likely N-dealkylation sites (N-methyl/N-ethyl adjacent to an activating group) is 1. The van der Waals surface area contributed by atoms with Crippen LogP contribution in [0.5, 0.6) is 5.75 Å². The molecule has 0 unspecified atom stereocenters. The van der Waals surface area contributed by atoms with Crippen LogP contribution in [0.4, 0.5) is 28.8 Å². The van der Waals surface area contributed by atoms with E-state index in [2.05, 4.69) is 94.5 Å². The molecule has 2 saturated heterocycles. The molecule has 4 heterocycles. The molecular weight excluding hydrogens is 567 g/mol. The van der Waals surface area contributed by atoms with Gasteiger partial charge in [0.25, 0.3) is 0 Å². The van der Waals surface area contributed by atoms with Crippen LogP contribution < -0.4 is 25.6 Å². The standard InChI is InChI=1S/C34H47N8OP/c1-6-44(7-2)31-11-9-8-10-27(31)36-33-26-12-15-35-32(26)38-34(39-33)37-28-22-24(3)29(23-30(28)43-5)42-16-13-25(14-17-42)41-20-18-40(4)19-21-41/h8-12,15,22-23,25H,6-7,13-14,16-21H2,1-5H3,(H3,35,36,37,38,39). The molecule has 3 N–H and O–H groups in total. The smallest absolute Gasteiger partial charge is 0.231 e. The van der Waals surface area contributed by atoms with Gasteiger partial charge in [0.1, 0.15) is 17.2 Å². The molecule has 44 heavy (non-hydrogen) atoms. The van der Waals surface area contributed by atoms with Gasteiger partial charge in [0.2, 0.25) is 5.95 Å². The predicted octanol–water partition coefficient (Wildman–Crippen LogP) is 6.13. The third kappa shape index (κ3) is 6.51. The molecule has 9 nitrogen and oxygen atoms in total. The van der Waals surface area contributed by atoms with Gasteiger partial charge in [-0.05, 0) is 68.2 Å². The Morgan fingerprint density at radius 1 is 0.932 bits per heavy atom. The zero-order valence-electron chi connectivity index (χ0n) is 26.9. The van der Waals surface area contributed by atoms with E-state index >= 15 is 0 Å². The number of hydrogen-bond donors (Lipinski definition) is 3. The van der Waals surface area contributed by atoms with Crippen LogP contribution in [0.25, 0.3) is 11.0 Å². The SMILES string of the molecule is CCP(CC)c1ccccc1Nc1nc(Nc2cc(C)c(N3CCC(N4CCN(C)CC4)CC3)cc2OC)nc2[nH]ccc12. The number of rotatable bonds is 10. The lowest BCUT2D eigenvalue weighted by molar-refractivity contribution is 0.0982. The van der Waals surface area contributed by atoms with Gasteiger partial charge in [0.15, 0.2) is 0 Å². The number of nitrogens with zero attached hydrogens (tertiary/aromatic N) is 5. The molecule has 0 spiro atoms. The zero-order chi connectivity index (χ0) is 30.6. The second-order valence-corrected chi connectivity index (χ2v) is 14.8. The van der Waals surface area contributed by atoms with Gasteiger partial charge < -0.3 is 30.2 Å². The number of para-hydroxylation sites is 1. The summed E-state index contributed by atoms with van der Waals surface area (Å²) in [6.07, 6.45) is 6.63. The summed E-state index contributed by atoms with van der Waals surface area (Å²) >= 11 is 0. The third-order valence-corrected chi connectivity index (χ3v) is 11.9. The number of fused-ring (bicyclic) bond motifs is 1. The molecule has 6 rings (SSSR count). The van der Waals surface area contributed by atoms with Crippen LogP contribution in [0.3, 0.4) is 0 Å². The Morgan fingerprint density at radius 3 is 2.41 bits per heavy atom. The van der Waals surface area contributed by atoms with Crippen LogP contribution in [0.2, 0.25) is 0 Å². The number of aromatic amines is 1. The summed E-state index contributed by atoms with van der Waals surface area (Å²) < 4.78 is 5.92. The van der Waals surface area contributed by atoms with E-state index in [-0.39, 0.29) is 7.92 Å². The van der Waals surface area contributed by atoms with Crippen molar-refractivity contribution in [3.63, 3.8) is 0 Å². The normalized spacial score (nSPS) is 17.0. The summed E-state index contributed by atoms with van der Waals surface area (Å²) in [6.45, 7) is 13.6. The van der Waals surface area contributed by atoms with Gasteiger partial charge in [-0.15, -0.1) is 0 Å². The number of ether oxygens (including phenoxy) is 1. The molecule has 234 valence electrons. The number of methoxy groups -OCH3 is 1. The lowest BCUT2D eigenvalue weighted by atomic mass is 10.0. The van der Waals surface area contributed by atoms with Crippen molar-refractivity contribution in [2.45, 2.75) is 39.7 Å². The highest BCUT2D eigenvalue weighted by Crippen LogP contribution is 2.39. The first-order valence-electron chi connectivity index (χ1n) is 16.1. The number of hydrogen-bond acceptors (Lipinski definition) is 8. The number of piperazine rings is 1. The first-order valence-corrected chi connectivity index (χ1v) is 17.8. The highest BCUT2D eigenvalue weighted by Gasteiger charge is 2.28. The molecule has 4 aromatic rings. The van der Waals surface area contributed by atoms with E-state index in [1.165, 1.54) is 55.6 Å². The molecule has 2 aromatic heterocycles. The summed E-state index contributed by atoms with van der Waals surface area (Å²) in [5.74, 6) is 2.09. The topological polar surface area (TPSA) is 84.6 Å². The largest absolute Gasteiger partial charge is 0.494 e. The van der Waals surface area contributed by atoms with E-state index in [1.807, 2.05) is 12.3 Å². The van der Waals surface area contributed by atoms with Crippen molar-refractivity contribution in [1.82, 2.24) is 24.8 Å². The molecule has 2 aromatic carbocycles. The van der Waals surface area contributed by atoms with Crippen molar-refractivity contribution in [2.75, 3.05) is 81.3 Å². The molecule has 0 saturated carbocycles. The number of H-pyrrole nitrogens is 1. The molecule has 0 amide bonds. The molecule has 10 heteroatoms. The summed E-state index contributed by atoms with van der Waals surface area (Å²) in [4.78, 5) is 20.7. The van der Waals surface area contributed by atoms with Gasteiger partial charge in [-0.3, -0.25) is 4.90 Å². The van der Waals surface area contributed by atoms with E-state index in [4.69, 9.17) is 14.7 Å². The molecule has 0 atom stereocenters. The van der Waals surface area contributed by atoms with Gasteiger partial charge in [0, 0.05) is 68.9 Å². The molecule has 0 bridgehead atoms. The average molecular weight is 615 g/mol. The van der Waals surface area contributed by atoms with Crippen LogP contribution >= 0.6 is 7.92 Å². The van der Waals surface area contributed by atoms with Gasteiger partial charge in [0.05, 0.1) is 18.2 Å². The number of anilines is 5. The van der Waals surface area contributed by atoms with Crippen molar-refractivity contribution in [1.29, 1.82) is 0 Å². The zero-order valence-corrected chi connectivity index (χ0v) is 27.8. The monoisotopic (exact) mass is 614 g/mol. The maximum atomic E-state index is 5.92. The quantitative estimate of drug-likeness (QED) is 0.184. The Morgan fingerprint density at radius 2 is 1.68 bits per heavy atom. The van der Waals surface area contributed by atoms with Gasteiger partial charge >= 0.3 is 0 Å². The third-order valence-electron chi connectivity index (χ3n) is 9.30. The Hall–Kier alpha value is -3.39. The highest BCUT2D eigenvalue weighted by atomic mass is 31.1. The summed E-state index contributed by atoms with van der Waals surface area (Å²) in [6, 6.07) is 15.7. The second-order valence-electron chi connectivity index (χ2n) is 12.0. The van der Waals surface area contributed by atoms with Gasteiger partial charge in [-0.25, -0.2) is 0 Å². The van der Waals surface area contributed by atoms with Crippen molar-refractivity contribution in [2.24, 2.45) is 0 Å². The maximum absolute atomic E-state index is 5.92. The average Bonchev–Trinajstić information content (AvgIpc) is 3.52. The minimum atomic E-state index is -0.229. The predicted molar refractivity (Wildman–Crippen MR) is 187 cm³/mol. The van der Waals surface area contributed by atoms with Crippen molar-refractivity contribution < 1.29 is 4.74 Å². The summed E-state index contributed by atoms with van der Waals surface area (Å²) in [5, 5.41) is 9.48. The molecule has 2 aliphatic heterocycles. The number of aryl methyl sites for hydroxylation is 1. The number of nitrogens with one attached hydrogen (secondary N) is 3. The van der Waals surface area contributed by atoms with E-state index in [0.29, 0.717) is 12.0 Å². The van der Waals surface area contributed by atoms with Crippen molar-refractivity contribution in [3.8, 4) is 5.75 Å². The van der Waals surface area contributed by atoms with Crippen LogP contribution in [0.1, 0.15) is 32.3 Å². The van der Waals surface area contributed by atoms with E-state index in [0.717, 1.165) is 59.4 Å². The molecular formula is C34H47N8OP. The Balaban J connectivity index is 1.22. The maximum Gasteiger partial charge on any atom is 0.231 e. The molecule has 0 aliphatic carbocycles. The minimum Gasteiger partial charge on any atom is -0.494 e. The van der Waals surface area contributed by atoms with Crippen LogP contribution in [0, 0.1) is 6.92 Å². The lowest BCUT2D eigenvalue weighted by Crippen LogP contribution is -2.52. The first kappa shape index (κ1) is 30.6. The Bertz CT molecular complexity index is 1550.